The van der Waals surface area contributed by atoms with Gasteiger partial charge in [0.05, 0.1) is 13.0 Å². The summed E-state index contributed by atoms with van der Waals surface area (Å²) in [5.41, 5.74) is 0.562. The predicted molar refractivity (Wildman–Crippen MR) is 94.7 cm³/mol. The Kier molecular flexibility index (Phi) is 10.6. The van der Waals surface area contributed by atoms with E-state index >= 15 is 0 Å². The van der Waals surface area contributed by atoms with Gasteiger partial charge in [0.1, 0.15) is 0 Å². The van der Waals surface area contributed by atoms with Crippen LogP contribution in [-0.4, -0.2) is 43.0 Å². The third-order valence-corrected chi connectivity index (χ3v) is 2.65. The molecule has 0 aliphatic rings. The smallest absolute Gasteiger partial charge is 0.422 e. The van der Waals surface area contributed by atoms with Crippen LogP contribution < -0.4 is 15.4 Å². The van der Waals surface area contributed by atoms with Gasteiger partial charge < -0.3 is 15.4 Å². The number of aromatic nitrogens is 1. The first kappa shape index (κ1) is 24.5. The van der Waals surface area contributed by atoms with E-state index in [0.717, 1.165) is 0 Å². The summed E-state index contributed by atoms with van der Waals surface area (Å²) in [4.78, 5) is 7.80. The Hall–Kier alpha value is -1.47. The maximum atomic E-state index is 12.1. The van der Waals surface area contributed by atoms with Gasteiger partial charge >= 0.3 is 12.4 Å². The van der Waals surface area contributed by atoms with Crippen LogP contribution in [0.1, 0.15) is 18.9 Å². The largest absolute Gasteiger partial charge is 0.468 e. The van der Waals surface area contributed by atoms with Gasteiger partial charge in [0.25, 0.3) is 0 Å². The molecular formula is C14H19F6IN4O. The van der Waals surface area contributed by atoms with Crippen LogP contribution in [0.4, 0.5) is 26.3 Å². The standard InChI is InChI=1S/C14H18F6N4O.HI/c1-2-21-12(22-6-5-13(15,16)17)24-8-10-3-4-11(23-7-10)25-9-14(18,19)20;/h3-4,7H,2,5-6,8-9H2,1H3,(H2,21,22,24);1H. The highest BCUT2D eigenvalue weighted by Crippen LogP contribution is 2.18. The molecule has 0 radical (unpaired) electrons. The number of guanidine groups is 1. The molecule has 5 nitrogen and oxygen atoms in total. The van der Waals surface area contributed by atoms with E-state index in [0.29, 0.717) is 12.1 Å². The minimum absolute atomic E-state index is 0. The number of pyridine rings is 1. The average molecular weight is 500 g/mol. The predicted octanol–water partition coefficient (Wildman–Crippen LogP) is 3.65. The summed E-state index contributed by atoms with van der Waals surface area (Å²) in [6.07, 6.45) is -8.42. The molecule has 1 rings (SSSR count). The number of nitrogens with zero attached hydrogens (tertiary/aromatic N) is 2. The lowest BCUT2D eigenvalue weighted by Gasteiger charge is -2.12. The molecule has 0 aliphatic heterocycles. The van der Waals surface area contributed by atoms with Crippen molar-refractivity contribution in [2.75, 3.05) is 19.7 Å². The summed E-state index contributed by atoms with van der Waals surface area (Å²) < 4.78 is 76.9. The Labute approximate surface area is 163 Å². The van der Waals surface area contributed by atoms with Crippen LogP contribution in [-0.2, 0) is 6.54 Å². The molecule has 1 aromatic rings. The van der Waals surface area contributed by atoms with Crippen molar-refractivity contribution >= 4 is 29.9 Å². The molecule has 0 saturated heterocycles. The molecule has 0 amide bonds. The van der Waals surface area contributed by atoms with Gasteiger partial charge in [-0.2, -0.15) is 26.3 Å². The zero-order valence-electron chi connectivity index (χ0n) is 13.7. The third kappa shape index (κ3) is 12.0. The second-order valence-electron chi connectivity index (χ2n) is 4.90. The molecule has 0 atom stereocenters. The summed E-state index contributed by atoms with van der Waals surface area (Å²) in [5, 5.41) is 5.33. The van der Waals surface area contributed by atoms with Crippen LogP contribution in [0.15, 0.2) is 23.3 Å². The van der Waals surface area contributed by atoms with Gasteiger partial charge in [-0.1, -0.05) is 6.07 Å². The normalized spacial score (nSPS) is 12.3. The second-order valence-corrected chi connectivity index (χ2v) is 4.90. The molecule has 1 heterocycles. The lowest BCUT2D eigenvalue weighted by atomic mass is 10.3. The van der Waals surface area contributed by atoms with Crippen molar-refractivity contribution in [3.05, 3.63) is 23.9 Å². The Morgan fingerprint density at radius 1 is 1.12 bits per heavy atom. The monoisotopic (exact) mass is 500 g/mol. The fourth-order valence-corrected chi connectivity index (χ4v) is 1.58. The average Bonchev–Trinajstić information content (AvgIpc) is 2.49. The Bertz CT molecular complexity index is 548. The topological polar surface area (TPSA) is 58.5 Å². The van der Waals surface area contributed by atoms with Crippen LogP contribution in [0.2, 0.25) is 0 Å². The van der Waals surface area contributed by atoms with E-state index in [1.165, 1.54) is 18.3 Å². The Morgan fingerprint density at radius 2 is 1.81 bits per heavy atom. The van der Waals surface area contributed by atoms with E-state index < -0.39 is 25.4 Å². The zero-order valence-corrected chi connectivity index (χ0v) is 16.1. The second kappa shape index (κ2) is 11.3. The first-order valence-corrected chi connectivity index (χ1v) is 7.32. The molecule has 12 heteroatoms. The number of ether oxygens (including phenoxy) is 1. The fourth-order valence-electron chi connectivity index (χ4n) is 1.58. The van der Waals surface area contributed by atoms with Crippen LogP contribution in [0.5, 0.6) is 5.88 Å². The highest BCUT2D eigenvalue weighted by molar-refractivity contribution is 14.0. The van der Waals surface area contributed by atoms with Gasteiger partial charge in [0.2, 0.25) is 5.88 Å². The molecular weight excluding hydrogens is 481 g/mol. The molecule has 0 spiro atoms. The van der Waals surface area contributed by atoms with Gasteiger partial charge in [-0.25, -0.2) is 9.98 Å². The first-order chi connectivity index (χ1) is 11.6. The Morgan fingerprint density at radius 3 is 2.31 bits per heavy atom. The van der Waals surface area contributed by atoms with Gasteiger partial charge in [-0.3, -0.25) is 0 Å². The minimum atomic E-state index is -4.45. The van der Waals surface area contributed by atoms with Crippen LogP contribution in [0.3, 0.4) is 0 Å². The van der Waals surface area contributed by atoms with Crippen molar-refractivity contribution in [3.8, 4) is 5.88 Å². The summed E-state index contributed by atoms with van der Waals surface area (Å²) >= 11 is 0. The number of hydrogen-bond donors (Lipinski definition) is 2. The zero-order chi connectivity index (χ0) is 18.9. The van der Waals surface area contributed by atoms with Gasteiger partial charge in [0.15, 0.2) is 12.6 Å². The summed E-state index contributed by atoms with van der Waals surface area (Å²) in [6.45, 7) is 0.548. The fraction of sp³-hybridized carbons (Fsp3) is 0.571. The van der Waals surface area contributed by atoms with E-state index in [2.05, 4.69) is 25.3 Å². The quantitative estimate of drug-likeness (QED) is 0.260. The summed E-state index contributed by atoms with van der Waals surface area (Å²) in [7, 11) is 0. The number of aliphatic imine (C=N–C) groups is 1. The highest BCUT2D eigenvalue weighted by atomic mass is 127. The van der Waals surface area contributed by atoms with E-state index in [-0.39, 0.29) is 48.9 Å². The van der Waals surface area contributed by atoms with Gasteiger partial charge in [0, 0.05) is 25.4 Å². The van der Waals surface area contributed by atoms with E-state index in [1.54, 1.807) is 6.92 Å². The molecule has 150 valence electrons. The molecule has 1 aromatic heterocycles. The number of halogens is 7. The molecule has 0 bridgehead atoms. The third-order valence-electron chi connectivity index (χ3n) is 2.65. The van der Waals surface area contributed by atoms with Crippen molar-refractivity contribution in [1.82, 2.24) is 15.6 Å². The lowest BCUT2D eigenvalue weighted by Crippen LogP contribution is -2.38. The molecule has 0 aromatic carbocycles. The van der Waals surface area contributed by atoms with Crippen molar-refractivity contribution in [1.29, 1.82) is 0 Å². The molecule has 26 heavy (non-hydrogen) atoms. The number of hydrogen-bond acceptors (Lipinski definition) is 3. The summed E-state index contributed by atoms with van der Waals surface area (Å²) in [5.74, 6) is 0.0180. The van der Waals surface area contributed by atoms with Crippen LogP contribution in [0.25, 0.3) is 0 Å². The lowest BCUT2D eigenvalue weighted by molar-refractivity contribution is -0.154. The maximum absolute atomic E-state index is 12.1. The number of alkyl halides is 6. The number of nitrogens with one attached hydrogen (secondary N) is 2. The van der Waals surface area contributed by atoms with Crippen LogP contribution in [0, 0.1) is 0 Å². The molecule has 0 aliphatic carbocycles. The van der Waals surface area contributed by atoms with Crippen molar-refractivity contribution in [2.24, 2.45) is 4.99 Å². The van der Waals surface area contributed by atoms with Crippen molar-refractivity contribution in [3.63, 3.8) is 0 Å². The van der Waals surface area contributed by atoms with E-state index in [9.17, 15) is 26.3 Å². The first-order valence-electron chi connectivity index (χ1n) is 7.32. The number of rotatable bonds is 7. The van der Waals surface area contributed by atoms with Crippen LogP contribution >= 0.6 is 24.0 Å². The maximum Gasteiger partial charge on any atom is 0.422 e. The molecule has 2 N–H and O–H groups in total. The Balaban J connectivity index is 0.00000625. The van der Waals surface area contributed by atoms with Gasteiger partial charge in [-0.15, -0.1) is 24.0 Å². The van der Waals surface area contributed by atoms with E-state index in [4.69, 9.17) is 0 Å². The minimum Gasteiger partial charge on any atom is -0.468 e. The molecule has 0 saturated carbocycles. The SMILES string of the molecule is CCNC(=NCc1ccc(OCC(F)(F)F)nc1)NCCC(F)(F)F.I. The summed E-state index contributed by atoms with van der Waals surface area (Å²) in [6, 6.07) is 2.74. The highest BCUT2D eigenvalue weighted by Gasteiger charge is 2.28. The van der Waals surface area contributed by atoms with Crippen molar-refractivity contribution < 1.29 is 31.1 Å². The molecule has 0 fully saturated rings. The van der Waals surface area contributed by atoms with Crippen molar-refractivity contribution in [2.45, 2.75) is 32.2 Å². The van der Waals surface area contributed by atoms with E-state index in [1.807, 2.05) is 0 Å². The van der Waals surface area contributed by atoms with Gasteiger partial charge in [-0.05, 0) is 12.5 Å². The molecule has 0 unspecified atom stereocenters.